The number of rotatable bonds is 1. The van der Waals surface area contributed by atoms with Crippen molar-refractivity contribution >= 4 is 17.6 Å². The monoisotopic (exact) mass is 464 g/mol. The highest BCUT2D eigenvalue weighted by Crippen LogP contribution is 2.69. The molecular weight excluding hydrogens is 436 g/mol. The lowest BCUT2D eigenvalue weighted by Gasteiger charge is -2.47. The molecule has 2 saturated heterocycles. The summed E-state index contributed by atoms with van der Waals surface area (Å²) in [5.74, 6) is 0.0611. The lowest BCUT2D eigenvalue weighted by Crippen LogP contribution is -2.62. The van der Waals surface area contributed by atoms with Crippen LogP contribution in [0.3, 0.4) is 0 Å². The summed E-state index contributed by atoms with van der Waals surface area (Å²) in [6.07, 6.45) is 2.42. The highest BCUT2D eigenvalue weighted by atomic mass is 16.5. The third-order valence-electron chi connectivity index (χ3n) is 8.96. The van der Waals surface area contributed by atoms with Gasteiger partial charge < -0.3 is 10.1 Å². The Bertz CT molecular complexity index is 1410. The molecule has 0 radical (unpaired) electrons. The topological polar surface area (TPSA) is 58.6 Å². The first-order valence-electron chi connectivity index (χ1n) is 12.5. The van der Waals surface area contributed by atoms with Gasteiger partial charge in [-0.3, -0.25) is 14.5 Å². The zero-order valence-corrected chi connectivity index (χ0v) is 20.0. The summed E-state index contributed by atoms with van der Waals surface area (Å²) in [5, 5.41) is 3.17. The molecule has 4 atom stereocenters. The van der Waals surface area contributed by atoms with Crippen molar-refractivity contribution in [2.75, 3.05) is 11.9 Å². The van der Waals surface area contributed by atoms with Gasteiger partial charge in [-0.25, -0.2) is 0 Å². The fourth-order valence-corrected chi connectivity index (χ4v) is 7.77. The summed E-state index contributed by atoms with van der Waals surface area (Å²) in [6, 6.07) is 22.3. The molecule has 1 N–H and O–H groups in total. The summed E-state index contributed by atoms with van der Waals surface area (Å²) < 4.78 is 6.19. The molecule has 4 aliphatic heterocycles. The fourth-order valence-electron chi connectivity index (χ4n) is 7.77. The molecular formula is C30H28N2O3. The average Bonchev–Trinajstić information content (AvgIpc) is 3.49. The molecule has 5 nitrogen and oxygen atoms in total. The van der Waals surface area contributed by atoms with Gasteiger partial charge in [0.2, 0.25) is 0 Å². The van der Waals surface area contributed by atoms with Crippen LogP contribution in [0.25, 0.3) is 0 Å². The van der Waals surface area contributed by atoms with Gasteiger partial charge in [0.25, 0.3) is 5.91 Å². The molecule has 35 heavy (non-hydrogen) atoms. The number of hydrogen-bond donors (Lipinski definition) is 1. The number of amides is 1. The second kappa shape index (κ2) is 7.05. The molecule has 4 aliphatic rings. The van der Waals surface area contributed by atoms with Crippen molar-refractivity contribution in [1.29, 1.82) is 0 Å². The van der Waals surface area contributed by atoms with E-state index in [9.17, 15) is 9.59 Å². The molecule has 4 heterocycles. The Morgan fingerprint density at radius 1 is 1.00 bits per heavy atom. The van der Waals surface area contributed by atoms with E-state index in [4.69, 9.17) is 4.74 Å². The number of carbonyl (C=O) groups is 2. The van der Waals surface area contributed by atoms with Crippen LogP contribution in [0.1, 0.15) is 46.6 Å². The molecule has 176 valence electrons. The second-order valence-electron chi connectivity index (χ2n) is 10.6. The van der Waals surface area contributed by atoms with Crippen LogP contribution in [0, 0.1) is 19.3 Å². The SMILES string of the molecule is Cc1ccc2c(c1)C[C@]1(C(=O)O2)[C@H](c2ccccc2C)[C@H]2CCCN2[C@]12C(=O)Nc1ccccc12. The molecule has 2 spiro atoms. The van der Waals surface area contributed by atoms with Gasteiger partial charge >= 0.3 is 5.97 Å². The van der Waals surface area contributed by atoms with E-state index in [0.717, 1.165) is 52.9 Å². The average molecular weight is 465 g/mol. The third-order valence-corrected chi connectivity index (χ3v) is 8.96. The Morgan fingerprint density at radius 3 is 2.66 bits per heavy atom. The van der Waals surface area contributed by atoms with Gasteiger partial charge in [0, 0.05) is 23.2 Å². The van der Waals surface area contributed by atoms with E-state index < -0.39 is 11.0 Å². The molecule has 5 heteroatoms. The lowest BCUT2D eigenvalue weighted by molar-refractivity contribution is -0.160. The number of esters is 1. The van der Waals surface area contributed by atoms with E-state index in [-0.39, 0.29) is 23.8 Å². The standard InChI is InChI=1S/C30H28N2O3/c1-18-13-14-25-20(16-18)17-29(28(34)35-25)26(21-9-4-3-8-19(21)2)24-12-7-15-32(24)30(29)22-10-5-6-11-23(22)31-27(30)33/h3-6,8-11,13-14,16,24,26H,7,12,15,17H2,1-2H3,(H,31,33)/t24-,26-,29-,30-/m1/s1. The van der Waals surface area contributed by atoms with Crippen LogP contribution < -0.4 is 10.1 Å². The first kappa shape index (κ1) is 20.9. The zero-order chi connectivity index (χ0) is 23.9. The summed E-state index contributed by atoms with van der Waals surface area (Å²) in [6.45, 7) is 4.95. The maximum atomic E-state index is 14.5. The van der Waals surface area contributed by atoms with E-state index in [2.05, 4.69) is 48.3 Å². The van der Waals surface area contributed by atoms with Crippen molar-refractivity contribution < 1.29 is 14.3 Å². The number of ether oxygens (including phenoxy) is 1. The van der Waals surface area contributed by atoms with Gasteiger partial charge in [-0.05, 0) is 68.5 Å². The van der Waals surface area contributed by atoms with Crippen molar-refractivity contribution in [3.05, 3.63) is 94.5 Å². The molecule has 1 amide bonds. The number of fused-ring (bicyclic) bond motifs is 6. The van der Waals surface area contributed by atoms with Crippen LogP contribution in [0.4, 0.5) is 5.69 Å². The Kier molecular flexibility index (Phi) is 4.21. The first-order chi connectivity index (χ1) is 17.0. The van der Waals surface area contributed by atoms with Gasteiger partial charge in [-0.15, -0.1) is 0 Å². The van der Waals surface area contributed by atoms with E-state index in [0.29, 0.717) is 12.2 Å². The molecule has 0 aliphatic carbocycles. The smallest absolute Gasteiger partial charge is 0.321 e. The van der Waals surface area contributed by atoms with E-state index >= 15 is 0 Å². The number of benzene rings is 3. The zero-order valence-electron chi connectivity index (χ0n) is 20.0. The molecule has 2 fully saturated rings. The van der Waals surface area contributed by atoms with E-state index in [1.807, 2.05) is 42.5 Å². The van der Waals surface area contributed by atoms with Crippen LogP contribution in [-0.4, -0.2) is 29.4 Å². The predicted octanol–water partition coefficient (Wildman–Crippen LogP) is 4.86. The van der Waals surface area contributed by atoms with Gasteiger partial charge in [-0.2, -0.15) is 0 Å². The highest BCUT2D eigenvalue weighted by Gasteiger charge is 2.79. The minimum Gasteiger partial charge on any atom is -0.426 e. The van der Waals surface area contributed by atoms with Gasteiger partial charge in [0.15, 0.2) is 0 Å². The Hall–Kier alpha value is -3.44. The molecule has 0 unspecified atom stereocenters. The summed E-state index contributed by atoms with van der Waals surface area (Å²) in [4.78, 5) is 31.1. The van der Waals surface area contributed by atoms with E-state index in [1.165, 1.54) is 0 Å². The van der Waals surface area contributed by atoms with Gasteiger partial charge in [0.1, 0.15) is 16.7 Å². The van der Waals surface area contributed by atoms with Crippen LogP contribution in [-0.2, 0) is 21.5 Å². The number of anilines is 1. The Balaban J connectivity index is 1.59. The maximum Gasteiger partial charge on any atom is 0.321 e. The number of aryl methyl sites for hydroxylation is 2. The van der Waals surface area contributed by atoms with E-state index in [1.54, 1.807) is 0 Å². The lowest BCUT2D eigenvalue weighted by atomic mass is 9.56. The molecule has 3 aromatic carbocycles. The van der Waals surface area contributed by atoms with Crippen molar-refractivity contribution in [2.24, 2.45) is 5.41 Å². The largest absolute Gasteiger partial charge is 0.426 e. The number of carbonyl (C=O) groups excluding carboxylic acids is 2. The number of nitrogens with one attached hydrogen (secondary N) is 1. The van der Waals surface area contributed by atoms with Crippen LogP contribution >= 0.6 is 0 Å². The maximum absolute atomic E-state index is 14.5. The quantitative estimate of drug-likeness (QED) is 0.413. The predicted molar refractivity (Wildman–Crippen MR) is 133 cm³/mol. The molecule has 0 aromatic heterocycles. The fraction of sp³-hybridized carbons (Fsp3) is 0.333. The van der Waals surface area contributed by atoms with Crippen LogP contribution in [0.15, 0.2) is 66.7 Å². The Morgan fingerprint density at radius 2 is 1.80 bits per heavy atom. The summed E-state index contributed by atoms with van der Waals surface area (Å²) in [5.41, 5.74) is 3.92. The van der Waals surface area contributed by atoms with Gasteiger partial charge in [-0.1, -0.05) is 60.2 Å². The van der Waals surface area contributed by atoms with Crippen molar-refractivity contribution in [1.82, 2.24) is 4.90 Å². The summed E-state index contributed by atoms with van der Waals surface area (Å²) in [7, 11) is 0. The number of para-hydroxylation sites is 1. The minimum atomic E-state index is -1.11. The van der Waals surface area contributed by atoms with Crippen LogP contribution in [0.2, 0.25) is 0 Å². The summed E-state index contributed by atoms with van der Waals surface area (Å²) >= 11 is 0. The number of nitrogens with zero attached hydrogens (tertiary/aromatic N) is 1. The molecule has 7 rings (SSSR count). The molecule has 3 aromatic rings. The molecule has 0 saturated carbocycles. The third kappa shape index (κ3) is 2.42. The minimum absolute atomic E-state index is 0.0758. The van der Waals surface area contributed by atoms with Gasteiger partial charge in [0.05, 0.1) is 0 Å². The van der Waals surface area contributed by atoms with Crippen LogP contribution in [0.5, 0.6) is 5.75 Å². The highest BCUT2D eigenvalue weighted by molar-refractivity contribution is 6.11. The first-order valence-corrected chi connectivity index (χ1v) is 12.5. The van der Waals surface area contributed by atoms with Crippen molar-refractivity contribution in [3.8, 4) is 5.75 Å². The van der Waals surface area contributed by atoms with Crippen molar-refractivity contribution in [3.63, 3.8) is 0 Å². The Labute approximate surface area is 205 Å². The normalized spacial score (nSPS) is 30.8. The number of hydrogen-bond acceptors (Lipinski definition) is 4. The second-order valence-corrected chi connectivity index (χ2v) is 10.6. The molecule has 0 bridgehead atoms. The van der Waals surface area contributed by atoms with Crippen molar-refractivity contribution in [2.45, 2.75) is 50.6 Å².